The van der Waals surface area contributed by atoms with E-state index < -0.39 is 11.0 Å². The number of rotatable bonds is 3. The Kier molecular flexibility index (Phi) is 3.77. The van der Waals surface area contributed by atoms with Crippen molar-refractivity contribution < 1.29 is 14.5 Å². The molecule has 0 amide bonds. The summed E-state index contributed by atoms with van der Waals surface area (Å²) in [5.41, 5.74) is 1.39. The maximum Gasteiger partial charge on any atom is 0.276 e. The number of carbonyl (C=O) groups excluding carboxylic acids is 1. The first-order valence-electron chi connectivity index (χ1n) is 6.46. The minimum absolute atomic E-state index is 0.0687. The van der Waals surface area contributed by atoms with E-state index in [0.29, 0.717) is 23.2 Å². The molecule has 1 aliphatic heterocycles. The molecule has 0 N–H and O–H groups in total. The predicted octanol–water partition coefficient (Wildman–Crippen LogP) is 4.07. The smallest absolute Gasteiger partial charge is 0.276 e. The lowest BCUT2D eigenvalue weighted by molar-refractivity contribution is -0.386. The Morgan fingerprint density at radius 2 is 2.00 bits per heavy atom. The van der Waals surface area contributed by atoms with E-state index in [2.05, 4.69) is 15.9 Å². The highest BCUT2D eigenvalue weighted by Crippen LogP contribution is 2.40. The highest BCUT2D eigenvalue weighted by Gasteiger charge is 2.29. The van der Waals surface area contributed by atoms with Gasteiger partial charge in [0.1, 0.15) is 12.0 Å². The number of para-hydroxylation sites is 1. The average molecular weight is 360 g/mol. The van der Waals surface area contributed by atoms with Crippen LogP contribution in [-0.2, 0) is 4.79 Å². The number of ether oxygens (including phenoxy) is 1. The summed E-state index contributed by atoms with van der Waals surface area (Å²) < 4.78 is 6.70. The quantitative estimate of drug-likeness (QED) is 0.470. The molecule has 0 aromatic heterocycles. The van der Waals surface area contributed by atoms with Crippen molar-refractivity contribution in [2.75, 3.05) is 0 Å². The van der Waals surface area contributed by atoms with Crippen molar-refractivity contribution in [1.82, 2.24) is 0 Å². The standard InChI is InChI=1S/C16H10BrNO4/c17-12-5-6-15-10(8-12)7-11(9-19)16(22-15)13-3-1-2-4-14(13)18(20)21/h1-9,16H/t16-/m0/s1. The Morgan fingerprint density at radius 3 is 2.73 bits per heavy atom. The highest BCUT2D eigenvalue weighted by molar-refractivity contribution is 9.10. The molecule has 22 heavy (non-hydrogen) atoms. The fourth-order valence-electron chi connectivity index (χ4n) is 2.40. The molecule has 2 aromatic rings. The second kappa shape index (κ2) is 5.73. The normalized spacial score (nSPS) is 16.2. The SMILES string of the molecule is O=CC1=Cc2cc(Br)ccc2O[C@@H]1c1ccccc1[N+](=O)[O-]. The van der Waals surface area contributed by atoms with Crippen molar-refractivity contribution in [1.29, 1.82) is 0 Å². The zero-order chi connectivity index (χ0) is 15.7. The molecular formula is C16H10BrNO4. The Balaban J connectivity index is 2.12. The summed E-state index contributed by atoms with van der Waals surface area (Å²) in [6.07, 6.45) is 1.58. The highest BCUT2D eigenvalue weighted by atomic mass is 79.9. The van der Waals surface area contributed by atoms with Gasteiger partial charge in [0.2, 0.25) is 0 Å². The number of hydrogen-bond donors (Lipinski definition) is 0. The van der Waals surface area contributed by atoms with Crippen LogP contribution < -0.4 is 4.74 Å². The summed E-state index contributed by atoms with van der Waals surface area (Å²) in [6.45, 7) is 0. The number of benzene rings is 2. The summed E-state index contributed by atoms with van der Waals surface area (Å²) in [6, 6.07) is 11.7. The third-order valence-electron chi connectivity index (χ3n) is 3.39. The van der Waals surface area contributed by atoms with Crippen LogP contribution in [0.15, 0.2) is 52.5 Å². The van der Waals surface area contributed by atoms with Gasteiger partial charge in [-0.25, -0.2) is 0 Å². The monoisotopic (exact) mass is 359 g/mol. The van der Waals surface area contributed by atoms with Crippen LogP contribution in [0, 0.1) is 10.1 Å². The summed E-state index contributed by atoms with van der Waals surface area (Å²) >= 11 is 3.36. The molecule has 0 fully saturated rings. The second-order valence-electron chi connectivity index (χ2n) is 4.76. The third-order valence-corrected chi connectivity index (χ3v) is 3.89. The molecule has 0 aliphatic carbocycles. The summed E-state index contributed by atoms with van der Waals surface area (Å²) in [4.78, 5) is 22.1. The molecule has 2 aromatic carbocycles. The number of aldehydes is 1. The fraction of sp³-hybridized carbons (Fsp3) is 0.0625. The van der Waals surface area contributed by atoms with Gasteiger partial charge in [0, 0.05) is 21.7 Å². The van der Waals surface area contributed by atoms with E-state index in [1.165, 1.54) is 6.07 Å². The van der Waals surface area contributed by atoms with E-state index in [1.807, 2.05) is 12.1 Å². The van der Waals surface area contributed by atoms with Crippen LogP contribution in [0.25, 0.3) is 6.08 Å². The van der Waals surface area contributed by atoms with Crippen LogP contribution in [0.5, 0.6) is 5.75 Å². The van der Waals surface area contributed by atoms with E-state index in [9.17, 15) is 14.9 Å². The van der Waals surface area contributed by atoms with Crippen LogP contribution in [-0.4, -0.2) is 11.2 Å². The molecule has 0 bridgehead atoms. The van der Waals surface area contributed by atoms with Gasteiger partial charge < -0.3 is 4.74 Å². The molecule has 0 spiro atoms. The number of fused-ring (bicyclic) bond motifs is 1. The number of carbonyl (C=O) groups is 1. The molecular weight excluding hydrogens is 350 g/mol. The van der Waals surface area contributed by atoms with Crippen LogP contribution in [0.4, 0.5) is 5.69 Å². The number of nitro groups is 1. The first-order chi connectivity index (χ1) is 10.6. The molecule has 6 heteroatoms. The van der Waals surface area contributed by atoms with Gasteiger partial charge in [-0.15, -0.1) is 0 Å². The second-order valence-corrected chi connectivity index (χ2v) is 5.67. The van der Waals surface area contributed by atoms with Gasteiger partial charge in [-0.2, -0.15) is 0 Å². The molecule has 5 nitrogen and oxygen atoms in total. The summed E-state index contributed by atoms with van der Waals surface area (Å²) in [5.74, 6) is 0.581. The van der Waals surface area contributed by atoms with Crippen LogP contribution in [0.3, 0.4) is 0 Å². The Labute approximate surface area is 134 Å². The van der Waals surface area contributed by atoms with Gasteiger partial charge in [0.15, 0.2) is 6.10 Å². The van der Waals surface area contributed by atoms with Gasteiger partial charge in [-0.1, -0.05) is 28.1 Å². The topological polar surface area (TPSA) is 69.4 Å². The number of hydrogen-bond acceptors (Lipinski definition) is 4. The zero-order valence-electron chi connectivity index (χ0n) is 11.2. The molecule has 1 atom stereocenters. The minimum Gasteiger partial charge on any atom is -0.480 e. The minimum atomic E-state index is -0.784. The molecule has 1 heterocycles. The molecule has 3 rings (SSSR count). The average Bonchev–Trinajstić information content (AvgIpc) is 2.53. The molecule has 0 saturated heterocycles. The maximum atomic E-state index is 11.4. The van der Waals surface area contributed by atoms with Crippen molar-refractivity contribution in [2.45, 2.75) is 6.10 Å². The van der Waals surface area contributed by atoms with E-state index in [-0.39, 0.29) is 5.69 Å². The lowest BCUT2D eigenvalue weighted by Gasteiger charge is -2.25. The lowest BCUT2D eigenvalue weighted by atomic mass is 9.96. The van der Waals surface area contributed by atoms with Crippen LogP contribution in [0.1, 0.15) is 17.2 Å². The molecule has 0 radical (unpaired) electrons. The van der Waals surface area contributed by atoms with Crippen molar-refractivity contribution >= 4 is 34.0 Å². The first-order valence-corrected chi connectivity index (χ1v) is 7.26. The number of nitro benzene ring substituents is 1. The van der Waals surface area contributed by atoms with Gasteiger partial charge in [0.25, 0.3) is 5.69 Å². The van der Waals surface area contributed by atoms with Crippen LogP contribution >= 0.6 is 15.9 Å². The van der Waals surface area contributed by atoms with Crippen molar-refractivity contribution in [3.8, 4) is 5.75 Å². The Bertz CT molecular complexity index is 800. The first kappa shape index (κ1) is 14.5. The van der Waals surface area contributed by atoms with E-state index in [1.54, 1.807) is 30.3 Å². The molecule has 0 saturated carbocycles. The number of nitrogens with zero attached hydrogens (tertiary/aromatic N) is 1. The zero-order valence-corrected chi connectivity index (χ0v) is 12.8. The van der Waals surface area contributed by atoms with Gasteiger partial charge in [-0.05, 0) is 30.3 Å². The van der Waals surface area contributed by atoms with Gasteiger partial charge in [-0.3, -0.25) is 14.9 Å². The third kappa shape index (κ3) is 2.53. The number of halogens is 1. The fourth-order valence-corrected chi connectivity index (χ4v) is 2.78. The van der Waals surface area contributed by atoms with Crippen LogP contribution in [0.2, 0.25) is 0 Å². The van der Waals surface area contributed by atoms with Crippen molar-refractivity contribution in [2.24, 2.45) is 0 Å². The van der Waals surface area contributed by atoms with Gasteiger partial charge >= 0.3 is 0 Å². The van der Waals surface area contributed by atoms with Crippen molar-refractivity contribution in [3.63, 3.8) is 0 Å². The van der Waals surface area contributed by atoms with E-state index in [0.717, 1.165) is 10.0 Å². The predicted molar refractivity (Wildman–Crippen MR) is 84.6 cm³/mol. The Morgan fingerprint density at radius 1 is 1.23 bits per heavy atom. The maximum absolute atomic E-state index is 11.4. The largest absolute Gasteiger partial charge is 0.480 e. The molecule has 0 unspecified atom stereocenters. The summed E-state index contributed by atoms with van der Waals surface area (Å²) in [7, 11) is 0. The summed E-state index contributed by atoms with van der Waals surface area (Å²) in [5, 5.41) is 11.2. The Hall–Kier alpha value is -2.47. The molecule has 110 valence electrons. The van der Waals surface area contributed by atoms with Crippen molar-refractivity contribution in [3.05, 3.63) is 73.8 Å². The van der Waals surface area contributed by atoms with E-state index in [4.69, 9.17) is 4.74 Å². The van der Waals surface area contributed by atoms with Gasteiger partial charge in [0.05, 0.1) is 10.5 Å². The molecule has 1 aliphatic rings. The van der Waals surface area contributed by atoms with E-state index >= 15 is 0 Å². The lowest BCUT2D eigenvalue weighted by Crippen LogP contribution is -2.17.